The van der Waals surface area contributed by atoms with E-state index in [4.69, 9.17) is 0 Å². The second kappa shape index (κ2) is 9.12. The van der Waals surface area contributed by atoms with E-state index in [2.05, 4.69) is 22.5 Å². The third kappa shape index (κ3) is 5.26. The first-order valence-electron chi connectivity index (χ1n) is 11.6. The Labute approximate surface area is 169 Å². The van der Waals surface area contributed by atoms with Crippen LogP contribution in [-0.4, -0.2) is 72.5 Å². The van der Waals surface area contributed by atoms with E-state index in [9.17, 15) is 9.59 Å². The van der Waals surface area contributed by atoms with E-state index in [1.54, 1.807) is 0 Å². The fourth-order valence-corrected chi connectivity index (χ4v) is 5.75. The Kier molecular flexibility index (Phi) is 6.56. The van der Waals surface area contributed by atoms with Gasteiger partial charge in [-0.25, -0.2) is 0 Å². The van der Waals surface area contributed by atoms with E-state index in [0.29, 0.717) is 36.5 Å². The summed E-state index contributed by atoms with van der Waals surface area (Å²) < 4.78 is 0. The van der Waals surface area contributed by atoms with Gasteiger partial charge in [0.05, 0.1) is 6.54 Å². The van der Waals surface area contributed by atoms with E-state index in [0.717, 1.165) is 51.4 Å². The number of fused-ring (bicyclic) bond motifs is 2. The van der Waals surface area contributed by atoms with Gasteiger partial charge in [0, 0.05) is 50.7 Å². The van der Waals surface area contributed by atoms with Crippen LogP contribution in [0.2, 0.25) is 0 Å². The van der Waals surface area contributed by atoms with Crippen molar-refractivity contribution in [2.24, 2.45) is 11.8 Å². The molecule has 0 aromatic rings. The van der Waals surface area contributed by atoms with Crippen LogP contribution in [0.3, 0.4) is 0 Å². The second-order valence-corrected chi connectivity index (χ2v) is 9.86. The van der Waals surface area contributed by atoms with Gasteiger partial charge in [-0.15, -0.1) is 0 Å². The molecule has 4 fully saturated rings. The summed E-state index contributed by atoms with van der Waals surface area (Å²) >= 11 is 0. The summed E-state index contributed by atoms with van der Waals surface area (Å²) in [5, 5.41) is 6.88. The zero-order valence-electron chi connectivity index (χ0n) is 17.5. The lowest BCUT2D eigenvalue weighted by Crippen LogP contribution is -2.52. The van der Waals surface area contributed by atoms with Crippen molar-refractivity contribution in [3.05, 3.63) is 0 Å². The molecule has 4 rings (SSSR count). The van der Waals surface area contributed by atoms with Gasteiger partial charge in [-0.2, -0.15) is 0 Å². The lowest BCUT2D eigenvalue weighted by molar-refractivity contribution is -0.134. The average Bonchev–Trinajstić information content (AvgIpc) is 3.02. The van der Waals surface area contributed by atoms with E-state index in [-0.39, 0.29) is 5.91 Å². The van der Waals surface area contributed by atoms with Crippen LogP contribution in [0.1, 0.15) is 64.7 Å². The number of nitrogens with zero attached hydrogens (tertiary/aromatic N) is 2. The van der Waals surface area contributed by atoms with Crippen molar-refractivity contribution >= 4 is 11.8 Å². The smallest absolute Gasteiger partial charge is 0.234 e. The van der Waals surface area contributed by atoms with Crippen molar-refractivity contribution in [3.63, 3.8) is 0 Å². The molecule has 3 saturated heterocycles. The minimum Gasteiger partial charge on any atom is -0.352 e. The monoisotopic (exact) mass is 390 g/mol. The number of carbonyl (C=O) groups is 2. The Hall–Kier alpha value is -1.14. The summed E-state index contributed by atoms with van der Waals surface area (Å²) in [4.78, 5) is 29.3. The fraction of sp³-hybridized carbons (Fsp3) is 0.909. The highest BCUT2D eigenvalue weighted by Crippen LogP contribution is 2.33. The van der Waals surface area contributed by atoms with Gasteiger partial charge in [-0.05, 0) is 63.2 Å². The molecule has 0 spiro atoms. The van der Waals surface area contributed by atoms with Gasteiger partial charge < -0.3 is 15.5 Å². The summed E-state index contributed by atoms with van der Waals surface area (Å²) in [6, 6.07) is 1.67. The Bertz CT molecular complexity index is 541. The summed E-state index contributed by atoms with van der Waals surface area (Å²) in [5.74, 6) is 1.85. The first kappa shape index (κ1) is 20.1. The maximum absolute atomic E-state index is 12.7. The molecule has 3 aliphatic heterocycles. The average molecular weight is 391 g/mol. The zero-order chi connectivity index (χ0) is 19.5. The number of hydrogen-bond acceptors (Lipinski definition) is 4. The molecule has 3 heterocycles. The third-order valence-corrected chi connectivity index (χ3v) is 7.51. The molecule has 28 heavy (non-hydrogen) atoms. The molecule has 2 N–H and O–H groups in total. The van der Waals surface area contributed by atoms with Crippen molar-refractivity contribution in [2.45, 2.75) is 82.8 Å². The van der Waals surface area contributed by atoms with Gasteiger partial charge in [0.1, 0.15) is 0 Å². The third-order valence-electron chi connectivity index (χ3n) is 7.51. The largest absolute Gasteiger partial charge is 0.352 e. The van der Waals surface area contributed by atoms with Crippen LogP contribution in [0.25, 0.3) is 0 Å². The maximum Gasteiger partial charge on any atom is 0.234 e. The van der Waals surface area contributed by atoms with Gasteiger partial charge in [0.25, 0.3) is 0 Å². The first-order chi connectivity index (χ1) is 13.5. The predicted octanol–water partition coefficient (Wildman–Crippen LogP) is 1.75. The highest BCUT2D eigenvalue weighted by molar-refractivity contribution is 5.78. The standard InChI is InChI=1S/C22H38N4O2/c1-16-2-4-18(5-3-16)24-21(27)15-25-8-10-26(11-9-25)22(28)14-17-12-19-6-7-20(13-17)23-19/h16-20,23H,2-15H2,1H3,(H,24,27). The van der Waals surface area contributed by atoms with Crippen molar-refractivity contribution in [2.75, 3.05) is 32.7 Å². The van der Waals surface area contributed by atoms with Crippen molar-refractivity contribution in [1.29, 1.82) is 0 Å². The predicted molar refractivity (Wildman–Crippen MR) is 110 cm³/mol. The number of amides is 2. The summed E-state index contributed by atoms with van der Waals surface area (Å²) in [7, 11) is 0. The van der Waals surface area contributed by atoms with Gasteiger partial charge in [-0.3, -0.25) is 14.5 Å². The van der Waals surface area contributed by atoms with Crippen LogP contribution in [0.5, 0.6) is 0 Å². The minimum atomic E-state index is 0.157. The molecule has 0 aromatic heterocycles. The van der Waals surface area contributed by atoms with E-state index >= 15 is 0 Å². The minimum absolute atomic E-state index is 0.157. The molecule has 2 atom stereocenters. The van der Waals surface area contributed by atoms with Crippen LogP contribution in [0.15, 0.2) is 0 Å². The van der Waals surface area contributed by atoms with E-state index in [1.807, 2.05) is 4.90 Å². The van der Waals surface area contributed by atoms with E-state index < -0.39 is 0 Å². The van der Waals surface area contributed by atoms with Gasteiger partial charge in [0.15, 0.2) is 0 Å². The molecule has 4 aliphatic rings. The molecule has 1 aliphatic carbocycles. The molecule has 2 bridgehead atoms. The molecular weight excluding hydrogens is 352 g/mol. The van der Waals surface area contributed by atoms with Gasteiger partial charge in [-0.1, -0.05) is 6.92 Å². The quantitative estimate of drug-likeness (QED) is 0.751. The number of piperazine rings is 1. The molecule has 0 aromatic carbocycles. The van der Waals surface area contributed by atoms with Gasteiger partial charge >= 0.3 is 0 Å². The lowest BCUT2D eigenvalue weighted by Gasteiger charge is -2.36. The number of nitrogens with one attached hydrogen (secondary N) is 2. The summed E-state index contributed by atoms with van der Waals surface area (Å²) in [6.07, 6.45) is 10.3. The highest BCUT2D eigenvalue weighted by Gasteiger charge is 2.35. The SMILES string of the molecule is CC1CCC(NC(=O)CN2CCN(C(=O)CC3CC4CCC(C3)N4)CC2)CC1. The molecule has 6 nitrogen and oxygen atoms in total. The van der Waals surface area contributed by atoms with Crippen LogP contribution in [-0.2, 0) is 9.59 Å². The Morgan fingerprint density at radius 1 is 0.929 bits per heavy atom. The molecule has 1 saturated carbocycles. The van der Waals surface area contributed by atoms with Crippen LogP contribution >= 0.6 is 0 Å². The number of carbonyl (C=O) groups excluding carboxylic acids is 2. The Balaban J connectivity index is 1.14. The Morgan fingerprint density at radius 3 is 2.21 bits per heavy atom. The van der Waals surface area contributed by atoms with E-state index in [1.165, 1.54) is 38.5 Å². The molecular formula is C22H38N4O2. The topological polar surface area (TPSA) is 64.7 Å². The molecule has 0 radical (unpaired) electrons. The Morgan fingerprint density at radius 2 is 1.57 bits per heavy atom. The summed E-state index contributed by atoms with van der Waals surface area (Å²) in [5.41, 5.74) is 0. The molecule has 158 valence electrons. The highest BCUT2D eigenvalue weighted by atomic mass is 16.2. The molecule has 6 heteroatoms. The van der Waals surface area contributed by atoms with Gasteiger partial charge in [0.2, 0.25) is 11.8 Å². The maximum atomic E-state index is 12.7. The van der Waals surface area contributed by atoms with Crippen LogP contribution < -0.4 is 10.6 Å². The van der Waals surface area contributed by atoms with Crippen molar-refractivity contribution in [1.82, 2.24) is 20.4 Å². The first-order valence-corrected chi connectivity index (χ1v) is 11.6. The lowest BCUT2D eigenvalue weighted by atomic mass is 9.87. The normalized spacial score (nSPS) is 36.3. The van der Waals surface area contributed by atoms with Crippen molar-refractivity contribution < 1.29 is 9.59 Å². The number of piperidine rings is 1. The fourth-order valence-electron chi connectivity index (χ4n) is 5.75. The zero-order valence-corrected chi connectivity index (χ0v) is 17.5. The second-order valence-electron chi connectivity index (χ2n) is 9.86. The number of rotatable bonds is 5. The molecule has 2 unspecified atom stereocenters. The van der Waals surface area contributed by atoms with Crippen LogP contribution in [0, 0.1) is 11.8 Å². The summed E-state index contributed by atoms with van der Waals surface area (Å²) in [6.45, 7) is 5.95. The number of hydrogen-bond donors (Lipinski definition) is 2. The molecule has 2 amide bonds. The van der Waals surface area contributed by atoms with Crippen LogP contribution in [0.4, 0.5) is 0 Å². The van der Waals surface area contributed by atoms with Crippen molar-refractivity contribution in [3.8, 4) is 0 Å².